The molecule has 41 atom stereocenters. The number of aliphatic hydroxyl groups is 20. The summed E-state index contributed by atoms with van der Waals surface area (Å²) >= 11 is 0. The second-order valence-electron chi connectivity index (χ2n) is 33.9. The number of rotatable bonds is 20. The van der Waals surface area contributed by atoms with Gasteiger partial charge in [0.25, 0.3) is 0 Å². The molecule has 11 fully saturated rings. The third kappa shape index (κ3) is 14.6. The van der Waals surface area contributed by atoms with E-state index in [0.29, 0.717) is 44.9 Å². The first-order valence-electron chi connectivity index (χ1n) is 37.1. The lowest BCUT2D eigenvalue weighted by Gasteiger charge is -2.72. The number of carboxylic acid groups (broad SMARTS) is 1. The van der Waals surface area contributed by atoms with Gasteiger partial charge in [-0.15, -0.1) is 0 Å². The Morgan fingerprint density at radius 2 is 1.05 bits per heavy atom. The Morgan fingerprint density at radius 1 is 0.495 bits per heavy atom. The minimum atomic E-state index is -2.27. The number of fused-ring (bicyclic) bond motifs is 7. The Bertz CT molecular complexity index is 3100. The van der Waals surface area contributed by atoms with Gasteiger partial charge in [0, 0.05) is 11.8 Å². The summed E-state index contributed by atoms with van der Waals surface area (Å²) in [6.07, 6.45) is -52.5. The maximum Gasteiger partial charge on any atom is 0.335 e. The normalized spacial score (nSPS) is 54.2. The maximum absolute atomic E-state index is 15.8. The van der Waals surface area contributed by atoms with Crippen molar-refractivity contribution in [1.82, 2.24) is 0 Å². The van der Waals surface area contributed by atoms with Crippen molar-refractivity contribution in [3.8, 4) is 0 Å². The van der Waals surface area contributed by atoms with Gasteiger partial charge in [-0.2, -0.15) is 0 Å². The standard InChI is InChI=1S/C70H112O37/c1-26-49(101-57-43(84)37(78)30(77)22-94-57)52(100-36-18-69(93,24-75)25-95-36)48(89)59(96-26)105-54-42(83)39(80)32(20-72)99-62(54)107-63(92)70-14-12-64(2,3)16-28(70)27-8-9-35-65(4)17-29(76)55(66(5,23-74)34(65)10-11-68(35,7)67(27,6)13-15-70)106-61-47(88)51(45(86)53(104-61)56(90)91)103-60-46(87)50(40(81)33(21-73)98-60)102-58-44(85)41(82)38(79)31(19-71)97-58/h8,26,28-55,57-62,71-89,93H,9-25H2,1-7H3,(H,90,91). The molecule has 4 saturated carbocycles. The van der Waals surface area contributed by atoms with Crippen LogP contribution in [0.3, 0.4) is 0 Å². The first kappa shape index (κ1) is 83.8. The van der Waals surface area contributed by atoms with Crippen molar-refractivity contribution in [2.45, 2.75) is 315 Å². The van der Waals surface area contributed by atoms with E-state index in [0.717, 1.165) is 5.57 Å². The van der Waals surface area contributed by atoms with Crippen molar-refractivity contribution in [2.75, 3.05) is 46.2 Å². The summed E-state index contributed by atoms with van der Waals surface area (Å²) < 4.78 is 83.6. The molecule has 0 bridgehead atoms. The molecule has 5 aliphatic carbocycles. The second kappa shape index (κ2) is 31.5. The molecular formula is C70H112O37. The lowest BCUT2D eigenvalue weighted by Crippen LogP contribution is -2.70. The number of hydrogen-bond donors (Lipinski definition) is 21. The Balaban J connectivity index is 0.777. The minimum absolute atomic E-state index is 0.0326. The molecule has 37 heteroatoms. The van der Waals surface area contributed by atoms with Gasteiger partial charge in [-0.25, -0.2) is 4.79 Å². The number of carboxylic acids is 1. The number of carbonyl (C=O) groups is 2. The highest BCUT2D eigenvalue weighted by atomic mass is 16.8. The number of aliphatic carboxylic acids is 1. The smallest absolute Gasteiger partial charge is 0.335 e. The number of aliphatic hydroxyl groups excluding tert-OH is 19. The number of allylic oxidation sites excluding steroid dienone is 2. The van der Waals surface area contributed by atoms with Gasteiger partial charge in [0.1, 0.15) is 128 Å². The van der Waals surface area contributed by atoms with E-state index >= 15 is 4.79 Å². The zero-order valence-electron chi connectivity index (χ0n) is 60.7. The minimum Gasteiger partial charge on any atom is -0.479 e. The summed E-state index contributed by atoms with van der Waals surface area (Å²) in [5.74, 6) is -3.69. The fourth-order valence-electron chi connectivity index (χ4n) is 20.5. The monoisotopic (exact) mass is 1540 g/mol. The molecule has 21 N–H and O–H groups in total. The van der Waals surface area contributed by atoms with Crippen LogP contribution in [0.2, 0.25) is 0 Å². The maximum atomic E-state index is 15.8. The lowest BCUT2D eigenvalue weighted by molar-refractivity contribution is -0.385. The van der Waals surface area contributed by atoms with E-state index in [2.05, 4.69) is 40.7 Å². The van der Waals surface area contributed by atoms with Gasteiger partial charge in [-0.05, 0) is 104 Å². The van der Waals surface area contributed by atoms with Gasteiger partial charge in [-0.1, -0.05) is 53.2 Å². The van der Waals surface area contributed by atoms with Crippen molar-refractivity contribution < 1.29 is 183 Å². The summed E-state index contributed by atoms with van der Waals surface area (Å²) in [6, 6.07) is 0. The Kier molecular flexibility index (Phi) is 24.7. The van der Waals surface area contributed by atoms with Crippen LogP contribution in [0.15, 0.2) is 11.6 Å². The Labute approximate surface area is 616 Å². The highest BCUT2D eigenvalue weighted by Crippen LogP contribution is 2.76. The molecular weight excluding hydrogens is 1430 g/mol. The predicted octanol–water partition coefficient (Wildman–Crippen LogP) is -7.19. The van der Waals surface area contributed by atoms with Crippen LogP contribution in [-0.2, 0) is 75.9 Å². The fourth-order valence-corrected chi connectivity index (χ4v) is 20.5. The van der Waals surface area contributed by atoms with Gasteiger partial charge >= 0.3 is 11.9 Å². The van der Waals surface area contributed by atoms with Crippen molar-refractivity contribution in [1.29, 1.82) is 0 Å². The largest absolute Gasteiger partial charge is 0.479 e. The lowest BCUT2D eigenvalue weighted by atomic mass is 9.33. The average Bonchev–Trinajstić information content (AvgIpc) is 1.13. The molecule has 0 spiro atoms. The number of ether oxygens (including phenoxy) is 14. The molecule has 37 nitrogen and oxygen atoms in total. The van der Waals surface area contributed by atoms with Crippen LogP contribution in [-0.4, -0.2) is 368 Å². The van der Waals surface area contributed by atoms with Crippen LogP contribution in [0.1, 0.15) is 113 Å². The number of hydrogen-bond acceptors (Lipinski definition) is 36. The quantitative estimate of drug-likeness (QED) is 0.0306. The third-order valence-electron chi connectivity index (χ3n) is 26.9. The van der Waals surface area contributed by atoms with E-state index in [9.17, 15) is 112 Å². The molecule has 614 valence electrons. The van der Waals surface area contributed by atoms with E-state index in [1.807, 2.05) is 0 Å². The number of carbonyl (C=O) groups excluding carboxylic acids is 1. The summed E-state index contributed by atoms with van der Waals surface area (Å²) in [7, 11) is 0. The SMILES string of the molecule is CC1OC(OC2C(OC(=O)C34CCC(C)(C)CC3C3=CCC5C6(C)CC(O)C(OC7OC(C(=O)O)C(O)C(OC8OC(CO)C(O)C(OC9OC(CO)C(O)C(O)C9O)C8O)C7O)C(C)(CO)C6CCC5(C)C3(C)CC4)OC(CO)C(O)C2O)C(O)C(OC2CC(O)(CO)CO2)C1OC1OCC(O)C(O)C1O. The highest BCUT2D eigenvalue weighted by Gasteiger charge is 2.72. The van der Waals surface area contributed by atoms with E-state index in [4.69, 9.17) is 66.3 Å². The molecule has 7 aliphatic heterocycles. The molecule has 0 radical (unpaired) electrons. The second-order valence-corrected chi connectivity index (χ2v) is 33.9. The van der Waals surface area contributed by atoms with E-state index in [1.165, 1.54) is 6.92 Å². The van der Waals surface area contributed by atoms with Gasteiger partial charge in [0.05, 0.1) is 70.0 Å². The first-order chi connectivity index (χ1) is 50.2. The molecule has 0 aromatic rings. The van der Waals surface area contributed by atoms with Gasteiger partial charge in [-0.3, -0.25) is 4.79 Å². The zero-order chi connectivity index (χ0) is 78.1. The molecule has 7 heterocycles. The van der Waals surface area contributed by atoms with Gasteiger partial charge in [0.2, 0.25) is 6.29 Å². The van der Waals surface area contributed by atoms with Crippen molar-refractivity contribution in [3.05, 3.63) is 11.6 Å². The highest BCUT2D eigenvalue weighted by molar-refractivity contribution is 5.79. The van der Waals surface area contributed by atoms with E-state index < -0.39 is 293 Å². The summed E-state index contributed by atoms with van der Waals surface area (Å²) in [5, 5.41) is 232. The van der Waals surface area contributed by atoms with Crippen LogP contribution in [0.25, 0.3) is 0 Å². The topological polar surface area (TPSA) is 588 Å². The van der Waals surface area contributed by atoms with Crippen LogP contribution >= 0.6 is 0 Å². The van der Waals surface area contributed by atoms with Crippen LogP contribution in [0.4, 0.5) is 0 Å². The van der Waals surface area contributed by atoms with Crippen molar-refractivity contribution in [3.63, 3.8) is 0 Å². The third-order valence-corrected chi connectivity index (χ3v) is 26.9. The first-order valence-corrected chi connectivity index (χ1v) is 37.1. The molecule has 0 aromatic carbocycles. The summed E-state index contributed by atoms with van der Waals surface area (Å²) in [6.45, 7) is 8.98. The summed E-state index contributed by atoms with van der Waals surface area (Å²) in [4.78, 5) is 28.7. The molecule has 0 amide bonds. The molecule has 0 aromatic heterocycles. The van der Waals surface area contributed by atoms with Crippen molar-refractivity contribution >= 4 is 11.9 Å². The van der Waals surface area contributed by atoms with Gasteiger partial charge < -0.3 is 174 Å². The summed E-state index contributed by atoms with van der Waals surface area (Å²) in [5.41, 5.74) is -5.76. The Morgan fingerprint density at radius 3 is 1.66 bits per heavy atom. The van der Waals surface area contributed by atoms with Gasteiger partial charge in [0.15, 0.2) is 49.9 Å². The van der Waals surface area contributed by atoms with Crippen molar-refractivity contribution in [2.24, 2.45) is 50.2 Å². The molecule has 107 heavy (non-hydrogen) atoms. The van der Waals surface area contributed by atoms with Crippen LogP contribution in [0, 0.1) is 50.2 Å². The van der Waals surface area contributed by atoms with E-state index in [1.54, 1.807) is 6.92 Å². The van der Waals surface area contributed by atoms with Crippen LogP contribution in [0.5, 0.6) is 0 Å². The molecule has 41 unspecified atom stereocenters. The molecule has 7 saturated heterocycles. The predicted molar refractivity (Wildman–Crippen MR) is 349 cm³/mol. The Hall–Kier alpha value is -2.64. The number of esters is 1. The van der Waals surface area contributed by atoms with E-state index in [-0.39, 0.29) is 37.2 Å². The average molecular weight is 1550 g/mol. The fraction of sp³-hybridized carbons (Fsp3) is 0.943. The zero-order valence-corrected chi connectivity index (χ0v) is 60.7. The van der Waals surface area contributed by atoms with Crippen LogP contribution < -0.4 is 0 Å². The molecule has 12 aliphatic rings. The molecule has 12 rings (SSSR count).